The van der Waals surface area contributed by atoms with Gasteiger partial charge < -0.3 is 14.6 Å². The second kappa shape index (κ2) is 4.34. The van der Waals surface area contributed by atoms with Crippen LogP contribution in [-0.2, 0) is 13.7 Å². The van der Waals surface area contributed by atoms with Crippen LogP contribution in [0.25, 0.3) is 11.3 Å². The van der Waals surface area contributed by atoms with Gasteiger partial charge in [-0.3, -0.25) is 4.68 Å². The Morgan fingerprint density at radius 2 is 2.00 bits per heavy atom. The zero-order valence-corrected chi connectivity index (χ0v) is 10.1. The first-order valence-corrected chi connectivity index (χ1v) is 5.82. The highest BCUT2D eigenvalue weighted by Crippen LogP contribution is 2.34. The van der Waals surface area contributed by atoms with Gasteiger partial charge in [0.2, 0.25) is 0 Å². The summed E-state index contributed by atoms with van der Waals surface area (Å²) in [6.07, 6.45) is 0. The number of benzene rings is 1. The number of aliphatic hydroxyl groups excluding tert-OH is 1. The SMILES string of the molecule is Cn1nc(CO)cc1-c1ccc2c(c1)OCCO2. The maximum Gasteiger partial charge on any atom is 0.162 e. The molecule has 94 valence electrons. The monoisotopic (exact) mass is 246 g/mol. The number of fused-ring (bicyclic) bond motifs is 1. The maximum atomic E-state index is 9.09. The molecule has 3 rings (SSSR count). The molecule has 0 spiro atoms. The van der Waals surface area contributed by atoms with Crippen molar-refractivity contribution >= 4 is 0 Å². The molecule has 0 saturated heterocycles. The summed E-state index contributed by atoms with van der Waals surface area (Å²) >= 11 is 0. The molecule has 1 N–H and O–H groups in total. The number of aliphatic hydroxyl groups is 1. The van der Waals surface area contributed by atoms with Crippen LogP contribution in [0.15, 0.2) is 24.3 Å². The zero-order chi connectivity index (χ0) is 12.5. The third kappa shape index (κ3) is 1.82. The minimum Gasteiger partial charge on any atom is -0.486 e. The van der Waals surface area contributed by atoms with Gasteiger partial charge in [-0.25, -0.2) is 0 Å². The van der Waals surface area contributed by atoms with Gasteiger partial charge in [0.1, 0.15) is 13.2 Å². The van der Waals surface area contributed by atoms with Crippen LogP contribution < -0.4 is 9.47 Å². The van der Waals surface area contributed by atoms with Gasteiger partial charge in [-0.15, -0.1) is 0 Å². The Labute approximate surface area is 105 Å². The fourth-order valence-electron chi connectivity index (χ4n) is 2.08. The highest BCUT2D eigenvalue weighted by atomic mass is 16.6. The van der Waals surface area contributed by atoms with E-state index in [4.69, 9.17) is 14.6 Å². The normalized spacial score (nSPS) is 13.7. The van der Waals surface area contributed by atoms with Crippen molar-refractivity contribution in [2.24, 2.45) is 7.05 Å². The van der Waals surface area contributed by atoms with Crippen molar-refractivity contribution in [3.05, 3.63) is 30.0 Å². The summed E-state index contributed by atoms with van der Waals surface area (Å²) in [5.41, 5.74) is 2.59. The maximum absolute atomic E-state index is 9.09. The Hall–Kier alpha value is -2.01. The van der Waals surface area contributed by atoms with Crippen molar-refractivity contribution in [1.82, 2.24) is 9.78 Å². The van der Waals surface area contributed by atoms with Crippen LogP contribution in [0.3, 0.4) is 0 Å². The molecular weight excluding hydrogens is 232 g/mol. The van der Waals surface area contributed by atoms with Crippen molar-refractivity contribution in [2.45, 2.75) is 6.61 Å². The van der Waals surface area contributed by atoms with Crippen molar-refractivity contribution < 1.29 is 14.6 Å². The van der Waals surface area contributed by atoms with E-state index >= 15 is 0 Å². The molecule has 0 aliphatic carbocycles. The number of aromatic nitrogens is 2. The van der Waals surface area contributed by atoms with E-state index in [0.717, 1.165) is 22.8 Å². The molecule has 1 aliphatic rings. The molecule has 1 aliphatic heterocycles. The Morgan fingerprint density at radius 1 is 1.22 bits per heavy atom. The van der Waals surface area contributed by atoms with E-state index in [-0.39, 0.29) is 6.61 Å². The van der Waals surface area contributed by atoms with Gasteiger partial charge in [0.05, 0.1) is 18.0 Å². The third-order valence-corrected chi connectivity index (χ3v) is 2.93. The molecule has 2 heterocycles. The first kappa shape index (κ1) is 11.1. The molecule has 2 aromatic rings. The number of hydrogen-bond acceptors (Lipinski definition) is 4. The van der Waals surface area contributed by atoms with Crippen molar-refractivity contribution in [3.63, 3.8) is 0 Å². The zero-order valence-electron chi connectivity index (χ0n) is 10.1. The number of nitrogens with zero attached hydrogens (tertiary/aromatic N) is 2. The van der Waals surface area contributed by atoms with Crippen LogP contribution in [0.4, 0.5) is 0 Å². The molecule has 0 radical (unpaired) electrons. The van der Waals surface area contributed by atoms with E-state index in [1.165, 1.54) is 0 Å². The van der Waals surface area contributed by atoms with Gasteiger partial charge in [-0.2, -0.15) is 5.10 Å². The van der Waals surface area contributed by atoms with Crippen molar-refractivity contribution in [2.75, 3.05) is 13.2 Å². The van der Waals surface area contributed by atoms with Gasteiger partial charge in [0, 0.05) is 12.6 Å². The second-order valence-electron chi connectivity index (χ2n) is 4.16. The van der Waals surface area contributed by atoms with Crippen LogP contribution in [0.2, 0.25) is 0 Å². The van der Waals surface area contributed by atoms with Crippen LogP contribution >= 0.6 is 0 Å². The first-order valence-electron chi connectivity index (χ1n) is 5.82. The lowest BCUT2D eigenvalue weighted by Crippen LogP contribution is -2.15. The lowest BCUT2D eigenvalue weighted by molar-refractivity contribution is 0.171. The van der Waals surface area contributed by atoms with E-state index in [0.29, 0.717) is 18.9 Å². The number of aryl methyl sites for hydroxylation is 1. The topological polar surface area (TPSA) is 56.5 Å². The Bertz CT molecular complexity index is 578. The second-order valence-corrected chi connectivity index (χ2v) is 4.16. The molecule has 5 heteroatoms. The Morgan fingerprint density at radius 3 is 2.72 bits per heavy atom. The quantitative estimate of drug-likeness (QED) is 0.869. The molecule has 0 amide bonds. The molecule has 0 fully saturated rings. The van der Waals surface area contributed by atoms with E-state index in [9.17, 15) is 0 Å². The minimum absolute atomic E-state index is 0.0572. The molecule has 1 aromatic heterocycles. The summed E-state index contributed by atoms with van der Waals surface area (Å²) in [6, 6.07) is 7.67. The molecule has 0 unspecified atom stereocenters. The summed E-state index contributed by atoms with van der Waals surface area (Å²) in [5, 5.41) is 13.3. The average Bonchev–Trinajstić information content (AvgIpc) is 2.79. The minimum atomic E-state index is -0.0572. The largest absolute Gasteiger partial charge is 0.486 e. The first-order chi connectivity index (χ1) is 8.78. The predicted octanol–water partition coefficient (Wildman–Crippen LogP) is 1.35. The summed E-state index contributed by atoms with van der Waals surface area (Å²) < 4.78 is 12.8. The van der Waals surface area contributed by atoms with Gasteiger partial charge in [0.25, 0.3) is 0 Å². The van der Waals surface area contributed by atoms with Crippen LogP contribution in [0, 0.1) is 0 Å². The van der Waals surface area contributed by atoms with Crippen LogP contribution in [-0.4, -0.2) is 28.1 Å². The van der Waals surface area contributed by atoms with Crippen molar-refractivity contribution in [3.8, 4) is 22.8 Å². The highest BCUT2D eigenvalue weighted by Gasteiger charge is 2.14. The Kier molecular flexibility index (Phi) is 2.68. The van der Waals surface area contributed by atoms with Crippen molar-refractivity contribution in [1.29, 1.82) is 0 Å². The smallest absolute Gasteiger partial charge is 0.162 e. The summed E-state index contributed by atoms with van der Waals surface area (Å²) in [5.74, 6) is 1.53. The third-order valence-electron chi connectivity index (χ3n) is 2.93. The summed E-state index contributed by atoms with van der Waals surface area (Å²) in [4.78, 5) is 0. The molecule has 18 heavy (non-hydrogen) atoms. The Balaban J connectivity index is 2.03. The number of hydrogen-bond donors (Lipinski definition) is 1. The van der Waals surface area contributed by atoms with Gasteiger partial charge in [0.15, 0.2) is 11.5 Å². The lowest BCUT2D eigenvalue weighted by atomic mass is 10.1. The fraction of sp³-hybridized carbons (Fsp3) is 0.308. The average molecular weight is 246 g/mol. The molecule has 0 saturated carbocycles. The van der Waals surface area contributed by atoms with Gasteiger partial charge in [-0.05, 0) is 24.3 Å². The standard InChI is InChI=1S/C13H14N2O3/c1-15-11(7-10(8-16)14-15)9-2-3-12-13(6-9)18-5-4-17-12/h2-3,6-7,16H,4-5,8H2,1H3. The summed E-state index contributed by atoms with van der Waals surface area (Å²) in [6.45, 7) is 1.11. The number of ether oxygens (including phenoxy) is 2. The summed E-state index contributed by atoms with van der Waals surface area (Å²) in [7, 11) is 1.85. The fourth-order valence-corrected chi connectivity index (χ4v) is 2.08. The number of rotatable bonds is 2. The lowest BCUT2D eigenvalue weighted by Gasteiger charge is -2.18. The van der Waals surface area contributed by atoms with Crippen LogP contribution in [0.5, 0.6) is 11.5 Å². The van der Waals surface area contributed by atoms with E-state index in [2.05, 4.69) is 5.10 Å². The molecule has 1 aromatic carbocycles. The molecular formula is C13H14N2O3. The molecule has 0 bridgehead atoms. The predicted molar refractivity (Wildman–Crippen MR) is 65.6 cm³/mol. The molecule has 0 atom stereocenters. The highest BCUT2D eigenvalue weighted by molar-refractivity contribution is 5.64. The van der Waals surface area contributed by atoms with E-state index in [1.54, 1.807) is 4.68 Å². The van der Waals surface area contributed by atoms with E-state index in [1.807, 2.05) is 31.3 Å². The molecule has 5 nitrogen and oxygen atoms in total. The van der Waals surface area contributed by atoms with E-state index < -0.39 is 0 Å². The van der Waals surface area contributed by atoms with Gasteiger partial charge >= 0.3 is 0 Å². The van der Waals surface area contributed by atoms with Gasteiger partial charge in [-0.1, -0.05) is 0 Å². The van der Waals surface area contributed by atoms with Crippen LogP contribution in [0.1, 0.15) is 5.69 Å².